The summed E-state index contributed by atoms with van der Waals surface area (Å²) >= 11 is 0. The lowest BCUT2D eigenvalue weighted by atomic mass is 10.3. The Kier molecular flexibility index (Phi) is 6.39. The second-order valence-corrected chi connectivity index (χ2v) is 3.73. The highest BCUT2D eigenvalue weighted by molar-refractivity contribution is 5.82. The highest BCUT2D eigenvalue weighted by Crippen LogP contribution is 2.21. The summed E-state index contributed by atoms with van der Waals surface area (Å²) in [5.74, 6) is 4.63. The van der Waals surface area contributed by atoms with Crippen molar-refractivity contribution >= 4 is 12.3 Å². The molecule has 0 aromatic heterocycles. The Morgan fingerprint density at radius 3 is 2.39 bits per heavy atom. The van der Waals surface area contributed by atoms with Crippen LogP contribution < -0.4 is 5.84 Å². The van der Waals surface area contributed by atoms with Crippen LogP contribution in [-0.4, -0.2) is 35.6 Å². The molecule has 18 heavy (non-hydrogen) atoms. The molecule has 2 N–H and O–H groups in total. The molecule has 1 atom stereocenters. The standard InChI is InChI=1S/C10H16F3N3O2/c1-7(2)18-9(17)4-5-16(14)6-15-8(3)10(11,12)13/h4-8H,14H2,1-3H3/b5-4-,15-6?. The van der Waals surface area contributed by atoms with Gasteiger partial charge < -0.3 is 4.74 Å². The van der Waals surface area contributed by atoms with E-state index in [1.54, 1.807) is 13.8 Å². The van der Waals surface area contributed by atoms with Crippen LogP contribution in [0.1, 0.15) is 20.8 Å². The third-order valence-corrected chi connectivity index (χ3v) is 1.63. The van der Waals surface area contributed by atoms with Crippen molar-refractivity contribution < 1.29 is 22.7 Å². The molecule has 8 heteroatoms. The third kappa shape index (κ3) is 7.66. The molecule has 1 unspecified atom stereocenters. The SMILES string of the molecule is CC(C)OC(=O)/C=C\N(N)C=NC(C)C(F)(F)F. The van der Waals surface area contributed by atoms with Gasteiger partial charge in [0.15, 0.2) is 0 Å². The predicted molar refractivity (Wildman–Crippen MR) is 60.4 cm³/mol. The summed E-state index contributed by atoms with van der Waals surface area (Å²) in [6, 6.07) is -1.86. The van der Waals surface area contributed by atoms with Crippen molar-refractivity contribution in [1.82, 2.24) is 5.01 Å². The number of rotatable bonds is 5. The van der Waals surface area contributed by atoms with E-state index >= 15 is 0 Å². The quantitative estimate of drug-likeness (QED) is 0.205. The first-order valence-corrected chi connectivity index (χ1v) is 5.14. The van der Waals surface area contributed by atoms with Crippen molar-refractivity contribution in [2.45, 2.75) is 39.1 Å². The van der Waals surface area contributed by atoms with E-state index < -0.39 is 18.2 Å². The lowest BCUT2D eigenvalue weighted by Gasteiger charge is -2.12. The van der Waals surface area contributed by atoms with Gasteiger partial charge in [-0.15, -0.1) is 0 Å². The van der Waals surface area contributed by atoms with E-state index in [2.05, 4.69) is 4.99 Å². The first kappa shape index (κ1) is 16.4. The number of halogens is 3. The van der Waals surface area contributed by atoms with Crippen molar-refractivity contribution in [2.75, 3.05) is 0 Å². The second-order valence-electron chi connectivity index (χ2n) is 3.73. The molecule has 0 spiro atoms. The molecule has 5 nitrogen and oxygen atoms in total. The predicted octanol–water partition coefficient (Wildman–Crippen LogP) is 1.61. The summed E-state index contributed by atoms with van der Waals surface area (Å²) in [7, 11) is 0. The molecule has 0 aromatic rings. The molecule has 0 fully saturated rings. The Morgan fingerprint density at radius 2 is 1.94 bits per heavy atom. The minimum atomic E-state index is -4.42. The molecule has 0 saturated carbocycles. The van der Waals surface area contributed by atoms with Gasteiger partial charge in [-0.05, 0) is 20.8 Å². The third-order valence-electron chi connectivity index (χ3n) is 1.63. The Bertz CT molecular complexity index is 327. The minimum Gasteiger partial charge on any atom is -0.460 e. The molecule has 0 rings (SSSR count). The van der Waals surface area contributed by atoms with Crippen LogP contribution in [0.4, 0.5) is 13.2 Å². The number of alkyl halides is 3. The number of esters is 1. The topological polar surface area (TPSA) is 67.9 Å². The fourth-order valence-corrected chi connectivity index (χ4v) is 0.719. The van der Waals surface area contributed by atoms with Crippen molar-refractivity contribution in [3.63, 3.8) is 0 Å². The number of nitrogens with zero attached hydrogens (tertiary/aromatic N) is 2. The number of hydrazine groups is 1. The Balaban J connectivity index is 4.26. The fraction of sp³-hybridized carbons (Fsp3) is 0.600. The maximum atomic E-state index is 12.1. The number of carbonyl (C=O) groups is 1. The van der Waals surface area contributed by atoms with Crippen molar-refractivity contribution in [1.29, 1.82) is 0 Å². The maximum absolute atomic E-state index is 12.1. The summed E-state index contributed by atoms with van der Waals surface area (Å²) in [6.45, 7) is 4.22. The molecule has 0 aliphatic rings. The number of ether oxygens (including phenoxy) is 1. The summed E-state index contributed by atoms with van der Waals surface area (Å²) < 4.78 is 41.0. The molecule has 0 amide bonds. The van der Waals surface area contributed by atoms with Gasteiger partial charge >= 0.3 is 12.1 Å². The fourth-order valence-electron chi connectivity index (χ4n) is 0.719. The average molecular weight is 267 g/mol. The molecule has 0 bridgehead atoms. The highest BCUT2D eigenvalue weighted by atomic mass is 19.4. The van der Waals surface area contributed by atoms with Crippen molar-refractivity contribution in [3.8, 4) is 0 Å². The maximum Gasteiger partial charge on any atom is 0.410 e. The lowest BCUT2D eigenvalue weighted by Crippen LogP contribution is -2.28. The molecule has 0 aliphatic heterocycles. The van der Waals surface area contributed by atoms with Crippen LogP contribution in [0.5, 0.6) is 0 Å². The first-order chi connectivity index (χ1) is 8.12. The average Bonchev–Trinajstić information content (AvgIpc) is 2.20. The molecule has 0 heterocycles. The number of nitrogens with two attached hydrogens (primary N) is 1. The van der Waals surface area contributed by atoms with Crippen LogP contribution >= 0.6 is 0 Å². The summed E-state index contributed by atoms with van der Waals surface area (Å²) in [5, 5.41) is 0.740. The van der Waals surface area contributed by atoms with Gasteiger partial charge in [0.05, 0.1) is 6.10 Å². The van der Waals surface area contributed by atoms with Gasteiger partial charge in [0.2, 0.25) is 0 Å². The van der Waals surface area contributed by atoms with E-state index in [0.29, 0.717) is 0 Å². The zero-order valence-electron chi connectivity index (χ0n) is 10.3. The Labute approximate surface area is 103 Å². The number of hydrogen-bond donors (Lipinski definition) is 1. The van der Waals surface area contributed by atoms with Gasteiger partial charge in [0, 0.05) is 12.3 Å². The van der Waals surface area contributed by atoms with Crippen LogP contribution in [0.3, 0.4) is 0 Å². The van der Waals surface area contributed by atoms with Crippen LogP contribution in [0.15, 0.2) is 17.3 Å². The molecule has 104 valence electrons. The highest BCUT2D eigenvalue weighted by Gasteiger charge is 2.35. The monoisotopic (exact) mass is 267 g/mol. The largest absolute Gasteiger partial charge is 0.460 e. The van der Waals surface area contributed by atoms with E-state index in [9.17, 15) is 18.0 Å². The number of aliphatic imine (C=N–C) groups is 1. The second kappa shape index (κ2) is 7.00. The van der Waals surface area contributed by atoms with Crippen molar-refractivity contribution in [3.05, 3.63) is 12.3 Å². The van der Waals surface area contributed by atoms with Crippen LogP contribution in [-0.2, 0) is 9.53 Å². The van der Waals surface area contributed by atoms with Gasteiger partial charge in [-0.3, -0.25) is 10.0 Å². The van der Waals surface area contributed by atoms with E-state index in [1.807, 2.05) is 0 Å². The van der Waals surface area contributed by atoms with E-state index in [-0.39, 0.29) is 6.10 Å². The molecule has 0 radical (unpaired) electrons. The Morgan fingerprint density at radius 1 is 1.39 bits per heavy atom. The van der Waals surface area contributed by atoms with Crippen LogP contribution in [0.25, 0.3) is 0 Å². The van der Waals surface area contributed by atoms with Crippen LogP contribution in [0.2, 0.25) is 0 Å². The van der Waals surface area contributed by atoms with E-state index in [1.165, 1.54) is 0 Å². The minimum absolute atomic E-state index is 0.285. The van der Waals surface area contributed by atoms with Gasteiger partial charge in [-0.25, -0.2) is 10.6 Å². The molecule has 0 aromatic carbocycles. The first-order valence-electron chi connectivity index (χ1n) is 5.14. The van der Waals surface area contributed by atoms with Crippen LogP contribution in [0, 0.1) is 0 Å². The number of hydrogen-bond acceptors (Lipinski definition) is 4. The van der Waals surface area contributed by atoms with Gasteiger partial charge in [-0.2, -0.15) is 13.2 Å². The lowest BCUT2D eigenvalue weighted by molar-refractivity contribution is -0.143. The van der Waals surface area contributed by atoms with Crippen molar-refractivity contribution in [2.24, 2.45) is 10.8 Å². The molecule has 0 saturated heterocycles. The summed E-state index contributed by atoms with van der Waals surface area (Å²) in [4.78, 5) is 14.2. The summed E-state index contributed by atoms with van der Waals surface area (Å²) in [5.41, 5.74) is 0. The summed E-state index contributed by atoms with van der Waals surface area (Å²) in [6.07, 6.45) is -1.89. The smallest absolute Gasteiger partial charge is 0.410 e. The van der Waals surface area contributed by atoms with Gasteiger partial charge in [0.25, 0.3) is 0 Å². The van der Waals surface area contributed by atoms with E-state index in [4.69, 9.17) is 10.6 Å². The van der Waals surface area contributed by atoms with E-state index in [0.717, 1.165) is 30.5 Å². The normalized spacial score (nSPS) is 14.4. The molecule has 0 aliphatic carbocycles. The van der Waals surface area contributed by atoms with Gasteiger partial charge in [0.1, 0.15) is 12.4 Å². The Hall–Kier alpha value is -1.57. The number of carbonyl (C=O) groups excluding carboxylic acids is 1. The zero-order valence-corrected chi connectivity index (χ0v) is 10.3. The molecular weight excluding hydrogens is 251 g/mol. The van der Waals surface area contributed by atoms with Gasteiger partial charge in [-0.1, -0.05) is 0 Å². The zero-order chi connectivity index (χ0) is 14.3. The molecular formula is C10H16F3N3O2.